The Bertz CT molecular complexity index is 1770. The summed E-state index contributed by atoms with van der Waals surface area (Å²) in [4.78, 5) is 28.2. The van der Waals surface area contributed by atoms with Gasteiger partial charge in [0.05, 0.1) is 0 Å². The van der Waals surface area contributed by atoms with Gasteiger partial charge in [-0.15, -0.1) is 0 Å². The maximum atomic E-state index is 15.2. The fourth-order valence-corrected chi connectivity index (χ4v) is 6.20. The standard InChI is InChI=1S/C31H23F2N3O3/c1-34-18-36(35-14-13-26(37)29(28(35)30(34)38)39-17-19-7-3-2-4-8-19)31-21(15-20-9-5-6-10-23(20)31)16-22-24(31)11-12-25(32)27(22)33/h2-14,16H,15,17-18H2,1H3. The molecule has 2 aliphatic carbocycles. The molecule has 0 bridgehead atoms. The van der Waals surface area contributed by atoms with Gasteiger partial charge in [0, 0.05) is 24.9 Å². The molecule has 1 atom stereocenters. The van der Waals surface area contributed by atoms with Crippen LogP contribution in [0.4, 0.5) is 8.78 Å². The lowest BCUT2D eigenvalue weighted by molar-refractivity contribution is 0.0712. The van der Waals surface area contributed by atoms with Crippen LogP contribution in [0.1, 0.15) is 38.3 Å². The number of ether oxygens (including phenoxy) is 1. The number of nitrogens with zero attached hydrogens (tertiary/aromatic N) is 3. The highest BCUT2D eigenvalue weighted by Gasteiger charge is 2.55. The van der Waals surface area contributed by atoms with Crippen molar-refractivity contribution in [1.29, 1.82) is 0 Å². The van der Waals surface area contributed by atoms with Crippen molar-refractivity contribution >= 4 is 12.0 Å². The maximum absolute atomic E-state index is 15.2. The first-order valence-corrected chi connectivity index (χ1v) is 12.6. The van der Waals surface area contributed by atoms with E-state index in [0.717, 1.165) is 28.3 Å². The van der Waals surface area contributed by atoms with Crippen molar-refractivity contribution in [2.75, 3.05) is 18.7 Å². The molecule has 0 saturated carbocycles. The highest BCUT2D eigenvalue weighted by Crippen LogP contribution is 2.56. The molecule has 8 heteroatoms. The van der Waals surface area contributed by atoms with Crippen LogP contribution in [0.15, 0.2) is 89.4 Å². The number of rotatable bonds is 4. The predicted octanol–water partition coefficient (Wildman–Crippen LogP) is 4.58. The molecule has 3 aromatic carbocycles. The van der Waals surface area contributed by atoms with Gasteiger partial charge >= 0.3 is 0 Å². The molecule has 1 aromatic heterocycles. The number of benzene rings is 3. The number of hydrogen-bond donors (Lipinski definition) is 0. The third kappa shape index (κ3) is 3.17. The van der Waals surface area contributed by atoms with Gasteiger partial charge in [-0.05, 0) is 46.4 Å². The second kappa shape index (κ2) is 8.39. The third-order valence-electron chi connectivity index (χ3n) is 7.90. The Morgan fingerprint density at radius 1 is 0.923 bits per heavy atom. The van der Waals surface area contributed by atoms with E-state index < -0.39 is 22.6 Å². The molecule has 3 aliphatic rings. The molecule has 0 saturated heterocycles. The average Bonchev–Trinajstić information content (AvgIpc) is 3.44. The van der Waals surface area contributed by atoms with E-state index in [1.54, 1.807) is 30.1 Å². The second-order valence-corrected chi connectivity index (χ2v) is 10.1. The van der Waals surface area contributed by atoms with E-state index in [1.807, 2.05) is 59.6 Å². The summed E-state index contributed by atoms with van der Waals surface area (Å²) in [6.45, 7) is 0.244. The van der Waals surface area contributed by atoms with Gasteiger partial charge in [-0.25, -0.2) is 8.78 Å². The van der Waals surface area contributed by atoms with Crippen LogP contribution in [0.3, 0.4) is 0 Å². The third-order valence-corrected chi connectivity index (χ3v) is 7.90. The highest BCUT2D eigenvalue weighted by molar-refractivity contribution is 5.96. The molecule has 4 aromatic rings. The van der Waals surface area contributed by atoms with Crippen molar-refractivity contribution in [1.82, 2.24) is 9.58 Å². The van der Waals surface area contributed by atoms with Crippen molar-refractivity contribution in [2.24, 2.45) is 0 Å². The number of halogens is 2. The van der Waals surface area contributed by atoms with E-state index in [9.17, 15) is 14.0 Å². The highest BCUT2D eigenvalue weighted by atomic mass is 19.2. The minimum atomic E-state index is -1.02. The minimum Gasteiger partial charge on any atom is -0.482 e. The average molecular weight is 524 g/mol. The van der Waals surface area contributed by atoms with Crippen LogP contribution in [0, 0.1) is 11.6 Å². The number of pyridine rings is 1. The smallest absolute Gasteiger partial charge is 0.277 e. The molecule has 2 heterocycles. The summed E-state index contributed by atoms with van der Waals surface area (Å²) in [6, 6.07) is 21.4. The van der Waals surface area contributed by atoms with E-state index in [-0.39, 0.29) is 36.2 Å². The molecule has 0 fully saturated rings. The molecule has 0 N–H and O–H groups in total. The van der Waals surface area contributed by atoms with Crippen LogP contribution < -0.4 is 15.2 Å². The van der Waals surface area contributed by atoms with Crippen molar-refractivity contribution in [3.05, 3.63) is 140 Å². The summed E-state index contributed by atoms with van der Waals surface area (Å²) in [7, 11) is 1.65. The van der Waals surface area contributed by atoms with E-state index in [0.29, 0.717) is 12.0 Å². The molecule has 7 rings (SSSR count). The topological polar surface area (TPSA) is 54.8 Å². The first-order chi connectivity index (χ1) is 18.9. The Morgan fingerprint density at radius 2 is 1.69 bits per heavy atom. The van der Waals surface area contributed by atoms with Crippen LogP contribution >= 0.6 is 0 Å². The van der Waals surface area contributed by atoms with Crippen molar-refractivity contribution < 1.29 is 18.3 Å². The van der Waals surface area contributed by atoms with E-state index in [4.69, 9.17) is 4.74 Å². The Kier molecular flexibility index (Phi) is 5.04. The summed E-state index contributed by atoms with van der Waals surface area (Å²) in [6.07, 6.45) is 3.81. The van der Waals surface area contributed by atoms with Crippen LogP contribution in [0.5, 0.6) is 5.75 Å². The van der Waals surface area contributed by atoms with Crippen LogP contribution in [0.25, 0.3) is 6.08 Å². The Labute approximate surface area is 223 Å². The van der Waals surface area contributed by atoms with Crippen LogP contribution in [-0.4, -0.2) is 29.2 Å². The molecular weight excluding hydrogens is 500 g/mol. The number of carbonyl (C=O) groups excluding carboxylic acids is 1. The summed E-state index contributed by atoms with van der Waals surface area (Å²) < 4.78 is 37.2. The number of aromatic nitrogens is 1. The normalized spacial score (nSPS) is 18.8. The second-order valence-electron chi connectivity index (χ2n) is 10.1. The monoisotopic (exact) mass is 523 g/mol. The maximum Gasteiger partial charge on any atom is 0.277 e. The number of fused-ring (bicyclic) bond motifs is 6. The molecule has 1 unspecified atom stereocenters. The molecule has 194 valence electrons. The fraction of sp³-hybridized carbons (Fsp3) is 0.161. The molecular formula is C31H23F2N3O3. The Morgan fingerprint density at radius 3 is 2.51 bits per heavy atom. The number of amides is 1. The SMILES string of the molecule is CN1CN(C23C(=Cc4c2ccc(F)c4F)Cc2ccccc23)n2ccc(=O)c(OCc3ccccc3)c2C1=O. The van der Waals surface area contributed by atoms with Gasteiger partial charge < -0.3 is 9.64 Å². The summed E-state index contributed by atoms with van der Waals surface area (Å²) in [5.41, 5.74) is 3.12. The minimum absolute atomic E-state index is 0.0559. The molecule has 0 radical (unpaired) electrons. The van der Waals surface area contributed by atoms with Gasteiger partial charge in [0.15, 0.2) is 23.1 Å². The molecule has 1 aliphatic heterocycles. The largest absolute Gasteiger partial charge is 0.482 e. The zero-order chi connectivity index (χ0) is 26.9. The first-order valence-electron chi connectivity index (χ1n) is 12.6. The Balaban J connectivity index is 1.46. The quantitative estimate of drug-likeness (QED) is 0.393. The zero-order valence-electron chi connectivity index (χ0n) is 21.0. The number of hydrogen-bond acceptors (Lipinski definition) is 4. The van der Waals surface area contributed by atoms with Gasteiger partial charge in [-0.3, -0.25) is 19.3 Å². The summed E-state index contributed by atoms with van der Waals surface area (Å²) >= 11 is 0. The van der Waals surface area contributed by atoms with Gasteiger partial charge in [-0.2, -0.15) is 0 Å². The number of carbonyl (C=O) groups is 1. The molecule has 6 nitrogen and oxygen atoms in total. The molecule has 0 spiro atoms. The summed E-state index contributed by atoms with van der Waals surface area (Å²) in [5, 5.41) is 1.94. The van der Waals surface area contributed by atoms with Crippen molar-refractivity contribution in [2.45, 2.75) is 18.6 Å². The van der Waals surface area contributed by atoms with Gasteiger partial charge in [0.25, 0.3) is 5.91 Å². The lowest BCUT2D eigenvalue weighted by Gasteiger charge is -2.49. The lowest BCUT2D eigenvalue weighted by atomic mass is 9.83. The van der Waals surface area contributed by atoms with Gasteiger partial charge in [-0.1, -0.05) is 60.7 Å². The molecule has 1 amide bonds. The van der Waals surface area contributed by atoms with Crippen LogP contribution in [-0.2, 0) is 18.6 Å². The van der Waals surface area contributed by atoms with E-state index in [1.165, 1.54) is 11.0 Å². The zero-order valence-corrected chi connectivity index (χ0v) is 21.0. The van der Waals surface area contributed by atoms with Crippen molar-refractivity contribution in [3.63, 3.8) is 0 Å². The Hall–Kier alpha value is -4.72. The van der Waals surface area contributed by atoms with Gasteiger partial charge in [0.1, 0.15) is 18.8 Å². The summed E-state index contributed by atoms with van der Waals surface area (Å²) in [5.74, 6) is -2.25. The van der Waals surface area contributed by atoms with E-state index in [2.05, 4.69) is 0 Å². The lowest BCUT2D eigenvalue weighted by Crippen LogP contribution is -2.61. The predicted molar refractivity (Wildman–Crippen MR) is 142 cm³/mol. The van der Waals surface area contributed by atoms with Crippen molar-refractivity contribution in [3.8, 4) is 5.75 Å². The fourth-order valence-electron chi connectivity index (χ4n) is 6.20. The van der Waals surface area contributed by atoms with Gasteiger partial charge in [0.2, 0.25) is 5.43 Å². The molecule has 39 heavy (non-hydrogen) atoms. The van der Waals surface area contributed by atoms with Crippen LogP contribution in [0.2, 0.25) is 0 Å². The van der Waals surface area contributed by atoms with E-state index >= 15 is 4.39 Å². The first kappa shape index (κ1) is 23.4.